The molecular formula is C14H17NO2S2. The minimum absolute atomic E-state index is 0.349. The Bertz CT molecular complexity index is 660. The molecule has 0 saturated heterocycles. The van der Waals surface area contributed by atoms with Gasteiger partial charge in [-0.05, 0) is 30.7 Å². The molecule has 0 unspecified atom stereocenters. The van der Waals surface area contributed by atoms with E-state index in [-0.39, 0.29) is 0 Å². The van der Waals surface area contributed by atoms with Gasteiger partial charge in [-0.3, -0.25) is 0 Å². The maximum absolute atomic E-state index is 11.7. The Morgan fingerprint density at radius 1 is 1.11 bits per heavy atom. The standard InChI is InChI=1S/C14H17NO2S2/c1-3-11-8-9-12(18-11)10-15-13-6-4-5-7-14(13)19(2,16)17/h4-9,15H,3,10H2,1-2H3. The first-order valence-corrected chi connectivity index (χ1v) is 8.82. The molecule has 0 radical (unpaired) electrons. The van der Waals surface area contributed by atoms with Crippen molar-refractivity contribution in [3.8, 4) is 0 Å². The lowest BCUT2D eigenvalue weighted by Crippen LogP contribution is -2.05. The zero-order valence-electron chi connectivity index (χ0n) is 11.0. The second-order valence-electron chi connectivity index (χ2n) is 4.34. The molecule has 1 aromatic carbocycles. The van der Waals surface area contributed by atoms with Gasteiger partial charge in [0.2, 0.25) is 0 Å². The molecule has 2 rings (SSSR count). The van der Waals surface area contributed by atoms with E-state index >= 15 is 0 Å². The van der Waals surface area contributed by atoms with Crippen LogP contribution in [-0.2, 0) is 22.8 Å². The van der Waals surface area contributed by atoms with Crippen LogP contribution in [0, 0.1) is 0 Å². The summed E-state index contributed by atoms with van der Waals surface area (Å²) >= 11 is 1.75. The summed E-state index contributed by atoms with van der Waals surface area (Å²) in [4.78, 5) is 2.90. The third-order valence-electron chi connectivity index (χ3n) is 2.81. The lowest BCUT2D eigenvalue weighted by atomic mass is 10.3. The van der Waals surface area contributed by atoms with Crippen LogP contribution in [-0.4, -0.2) is 14.7 Å². The van der Waals surface area contributed by atoms with Gasteiger partial charge in [0.1, 0.15) is 0 Å². The smallest absolute Gasteiger partial charge is 0.177 e. The molecule has 2 aromatic rings. The van der Waals surface area contributed by atoms with Crippen LogP contribution in [0.5, 0.6) is 0 Å². The van der Waals surface area contributed by atoms with Gasteiger partial charge in [0, 0.05) is 22.6 Å². The molecule has 1 heterocycles. The molecule has 0 aliphatic rings. The number of hydrogen-bond donors (Lipinski definition) is 1. The highest BCUT2D eigenvalue weighted by Crippen LogP contribution is 2.23. The lowest BCUT2D eigenvalue weighted by Gasteiger charge is -2.09. The van der Waals surface area contributed by atoms with Crippen molar-refractivity contribution < 1.29 is 8.42 Å². The van der Waals surface area contributed by atoms with Crippen LogP contribution in [0.2, 0.25) is 0 Å². The van der Waals surface area contributed by atoms with Gasteiger partial charge in [-0.1, -0.05) is 19.1 Å². The van der Waals surface area contributed by atoms with Gasteiger partial charge in [-0.2, -0.15) is 0 Å². The first kappa shape index (κ1) is 14.1. The summed E-state index contributed by atoms with van der Waals surface area (Å²) in [7, 11) is -3.20. The number of benzene rings is 1. The Kier molecular flexibility index (Phi) is 4.27. The quantitative estimate of drug-likeness (QED) is 0.920. The number of aryl methyl sites for hydroxylation is 1. The number of para-hydroxylation sites is 1. The van der Waals surface area contributed by atoms with Crippen molar-refractivity contribution in [3.63, 3.8) is 0 Å². The molecule has 0 fully saturated rings. The Balaban J connectivity index is 2.16. The Morgan fingerprint density at radius 2 is 1.79 bits per heavy atom. The minimum atomic E-state index is -3.20. The fourth-order valence-electron chi connectivity index (χ4n) is 1.83. The number of hydrogen-bond acceptors (Lipinski definition) is 4. The van der Waals surface area contributed by atoms with E-state index in [0.717, 1.165) is 6.42 Å². The number of nitrogens with one attached hydrogen (secondary N) is 1. The summed E-state index contributed by atoms with van der Waals surface area (Å²) in [5, 5.41) is 3.20. The van der Waals surface area contributed by atoms with E-state index in [2.05, 4.69) is 24.4 Å². The van der Waals surface area contributed by atoms with E-state index in [9.17, 15) is 8.42 Å². The first-order valence-electron chi connectivity index (χ1n) is 6.11. The zero-order chi connectivity index (χ0) is 13.9. The molecular weight excluding hydrogens is 278 g/mol. The predicted molar refractivity (Wildman–Crippen MR) is 80.6 cm³/mol. The van der Waals surface area contributed by atoms with E-state index < -0.39 is 9.84 Å². The third-order valence-corrected chi connectivity index (χ3v) is 5.19. The fraction of sp³-hybridized carbons (Fsp3) is 0.286. The van der Waals surface area contributed by atoms with Gasteiger partial charge in [0.15, 0.2) is 9.84 Å². The molecule has 0 bridgehead atoms. The van der Waals surface area contributed by atoms with Crippen molar-refractivity contribution in [1.82, 2.24) is 0 Å². The van der Waals surface area contributed by atoms with Crippen LogP contribution in [0.3, 0.4) is 0 Å². The van der Waals surface area contributed by atoms with Crippen molar-refractivity contribution in [2.24, 2.45) is 0 Å². The molecule has 1 N–H and O–H groups in total. The summed E-state index contributed by atoms with van der Waals surface area (Å²) in [5.74, 6) is 0. The lowest BCUT2D eigenvalue weighted by molar-refractivity contribution is 0.602. The Morgan fingerprint density at radius 3 is 2.42 bits per heavy atom. The molecule has 0 spiro atoms. The second kappa shape index (κ2) is 5.75. The maximum atomic E-state index is 11.7. The molecule has 0 amide bonds. The topological polar surface area (TPSA) is 46.2 Å². The minimum Gasteiger partial charge on any atom is -0.379 e. The van der Waals surface area contributed by atoms with Gasteiger partial charge in [-0.25, -0.2) is 8.42 Å². The van der Waals surface area contributed by atoms with Gasteiger partial charge >= 0.3 is 0 Å². The van der Waals surface area contributed by atoms with Crippen LogP contribution < -0.4 is 5.32 Å². The summed E-state index contributed by atoms with van der Waals surface area (Å²) < 4.78 is 23.4. The van der Waals surface area contributed by atoms with Crippen molar-refractivity contribution in [3.05, 3.63) is 46.2 Å². The largest absolute Gasteiger partial charge is 0.379 e. The number of anilines is 1. The summed E-state index contributed by atoms with van der Waals surface area (Å²) in [6, 6.07) is 11.2. The average molecular weight is 295 g/mol. The molecule has 19 heavy (non-hydrogen) atoms. The highest BCUT2D eigenvalue weighted by Gasteiger charge is 2.12. The number of rotatable bonds is 5. The van der Waals surface area contributed by atoms with Crippen molar-refractivity contribution in [1.29, 1.82) is 0 Å². The molecule has 1 aromatic heterocycles. The average Bonchev–Trinajstić information content (AvgIpc) is 2.83. The number of thiophene rings is 1. The van der Waals surface area contributed by atoms with Crippen LogP contribution in [0.4, 0.5) is 5.69 Å². The van der Waals surface area contributed by atoms with Crippen molar-refractivity contribution >= 4 is 26.9 Å². The van der Waals surface area contributed by atoms with Crippen LogP contribution >= 0.6 is 11.3 Å². The second-order valence-corrected chi connectivity index (χ2v) is 7.58. The number of sulfone groups is 1. The summed E-state index contributed by atoms with van der Waals surface area (Å²) in [6.07, 6.45) is 2.26. The molecule has 0 atom stereocenters. The molecule has 102 valence electrons. The van der Waals surface area contributed by atoms with Crippen molar-refractivity contribution in [2.45, 2.75) is 24.8 Å². The first-order chi connectivity index (χ1) is 9.00. The molecule has 0 saturated carbocycles. The monoisotopic (exact) mass is 295 g/mol. The van der Waals surface area contributed by atoms with Gasteiger partial charge in [0.25, 0.3) is 0 Å². The normalized spacial score (nSPS) is 11.5. The van der Waals surface area contributed by atoms with Gasteiger partial charge < -0.3 is 5.32 Å². The summed E-state index contributed by atoms with van der Waals surface area (Å²) in [6.45, 7) is 2.78. The van der Waals surface area contributed by atoms with Crippen LogP contribution in [0.1, 0.15) is 16.7 Å². The summed E-state index contributed by atoms with van der Waals surface area (Å²) in [5.41, 5.74) is 0.663. The molecule has 3 nitrogen and oxygen atoms in total. The van der Waals surface area contributed by atoms with E-state index in [0.29, 0.717) is 17.1 Å². The van der Waals surface area contributed by atoms with E-state index in [1.807, 2.05) is 6.07 Å². The Labute approximate surface area is 118 Å². The van der Waals surface area contributed by atoms with E-state index in [1.165, 1.54) is 16.0 Å². The third kappa shape index (κ3) is 3.58. The highest BCUT2D eigenvalue weighted by molar-refractivity contribution is 7.90. The molecule has 0 aliphatic heterocycles. The SMILES string of the molecule is CCc1ccc(CNc2ccccc2S(C)(=O)=O)s1. The van der Waals surface area contributed by atoms with E-state index in [4.69, 9.17) is 0 Å². The Hall–Kier alpha value is -1.33. The van der Waals surface area contributed by atoms with Crippen molar-refractivity contribution in [2.75, 3.05) is 11.6 Å². The van der Waals surface area contributed by atoms with Gasteiger partial charge in [0.05, 0.1) is 10.6 Å². The zero-order valence-corrected chi connectivity index (χ0v) is 12.6. The molecule has 5 heteroatoms. The fourth-order valence-corrected chi connectivity index (χ4v) is 3.59. The molecule has 0 aliphatic carbocycles. The maximum Gasteiger partial charge on any atom is 0.177 e. The van der Waals surface area contributed by atoms with Crippen LogP contribution in [0.15, 0.2) is 41.3 Å². The van der Waals surface area contributed by atoms with Crippen LogP contribution in [0.25, 0.3) is 0 Å². The predicted octanol–water partition coefficient (Wildman–Crippen LogP) is 3.33. The van der Waals surface area contributed by atoms with Gasteiger partial charge in [-0.15, -0.1) is 11.3 Å². The highest BCUT2D eigenvalue weighted by atomic mass is 32.2. The van der Waals surface area contributed by atoms with E-state index in [1.54, 1.807) is 29.5 Å².